The number of likely N-dealkylation sites (tertiary alicyclic amines) is 1. The summed E-state index contributed by atoms with van der Waals surface area (Å²) >= 11 is 0. The maximum absolute atomic E-state index is 11.8. The molecule has 0 spiro atoms. The second kappa shape index (κ2) is 6.69. The summed E-state index contributed by atoms with van der Waals surface area (Å²) in [5.41, 5.74) is 0. The minimum absolute atomic E-state index is 0.226. The normalized spacial score (nSPS) is 17.8. The minimum atomic E-state index is 0.226. The number of nitrogens with one attached hydrogen (secondary N) is 1. The van der Waals surface area contributed by atoms with Crippen LogP contribution in [0.15, 0.2) is 12.7 Å². The van der Waals surface area contributed by atoms with Crippen LogP contribution in [0, 0.1) is 11.8 Å². The number of carbonyl (C=O) groups is 1. The maximum atomic E-state index is 11.8. The zero-order valence-corrected chi connectivity index (χ0v) is 10.5. The van der Waals surface area contributed by atoms with Gasteiger partial charge in [-0.1, -0.05) is 19.9 Å². The molecule has 0 saturated carbocycles. The predicted octanol–water partition coefficient (Wildman–Crippen LogP) is 1.66. The lowest BCUT2D eigenvalue weighted by Crippen LogP contribution is -2.43. The van der Waals surface area contributed by atoms with E-state index in [1.807, 2.05) is 4.90 Å². The zero-order valence-electron chi connectivity index (χ0n) is 10.5. The lowest BCUT2D eigenvalue weighted by Gasteiger charge is -2.34. The molecule has 1 rings (SSSR count). The Bertz CT molecular complexity index is 230. The van der Waals surface area contributed by atoms with Crippen molar-refractivity contribution in [1.29, 1.82) is 0 Å². The molecule has 1 aliphatic heterocycles. The second-order valence-corrected chi connectivity index (χ2v) is 4.88. The van der Waals surface area contributed by atoms with Crippen LogP contribution >= 0.6 is 0 Å². The topological polar surface area (TPSA) is 32.3 Å². The number of hydrogen-bond donors (Lipinski definition) is 1. The number of amides is 1. The van der Waals surface area contributed by atoms with Gasteiger partial charge in [-0.3, -0.25) is 4.79 Å². The molecule has 1 fully saturated rings. The lowest BCUT2D eigenvalue weighted by molar-refractivity contribution is -0.131. The number of rotatable bonds is 5. The molecule has 0 atom stereocenters. The molecule has 0 radical (unpaired) electrons. The van der Waals surface area contributed by atoms with Crippen LogP contribution in [0.5, 0.6) is 0 Å². The Labute approximate surface area is 98.9 Å². The van der Waals surface area contributed by atoms with Crippen LogP contribution in [-0.2, 0) is 4.79 Å². The van der Waals surface area contributed by atoms with Gasteiger partial charge in [0.1, 0.15) is 0 Å². The van der Waals surface area contributed by atoms with E-state index in [1.54, 1.807) is 6.08 Å². The highest BCUT2D eigenvalue weighted by Crippen LogP contribution is 2.24. The summed E-state index contributed by atoms with van der Waals surface area (Å²) in [7, 11) is 0. The largest absolute Gasteiger partial charge is 0.342 e. The first kappa shape index (κ1) is 13.2. The second-order valence-electron chi connectivity index (χ2n) is 4.88. The van der Waals surface area contributed by atoms with Crippen molar-refractivity contribution in [2.24, 2.45) is 11.8 Å². The summed E-state index contributed by atoms with van der Waals surface area (Å²) in [4.78, 5) is 13.8. The molecular formula is C13H24N2O. The monoisotopic (exact) mass is 224 g/mol. The molecular weight excluding hydrogens is 200 g/mol. The molecule has 16 heavy (non-hydrogen) atoms. The minimum Gasteiger partial charge on any atom is -0.342 e. The Kier molecular flexibility index (Phi) is 5.53. The van der Waals surface area contributed by atoms with Gasteiger partial charge in [-0.25, -0.2) is 0 Å². The number of hydrogen-bond acceptors (Lipinski definition) is 2. The Morgan fingerprint density at radius 1 is 1.50 bits per heavy atom. The average Bonchev–Trinajstić information content (AvgIpc) is 2.29. The van der Waals surface area contributed by atoms with Gasteiger partial charge in [0, 0.05) is 19.6 Å². The molecule has 1 N–H and O–H groups in total. The van der Waals surface area contributed by atoms with Crippen molar-refractivity contribution >= 4 is 5.91 Å². The van der Waals surface area contributed by atoms with Gasteiger partial charge in [0.15, 0.2) is 0 Å². The van der Waals surface area contributed by atoms with Crippen LogP contribution in [0.1, 0.15) is 26.7 Å². The summed E-state index contributed by atoms with van der Waals surface area (Å²) in [5, 5.41) is 3.06. The average molecular weight is 224 g/mol. The molecule has 0 aromatic carbocycles. The van der Waals surface area contributed by atoms with E-state index in [-0.39, 0.29) is 5.91 Å². The smallest absolute Gasteiger partial charge is 0.236 e. The number of nitrogens with zero attached hydrogens (tertiary/aromatic N) is 1. The van der Waals surface area contributed by atoms with Gasteiger partial charge >= 0.3 is 0 Å². The number of carbonyl (C=O) groups excluding carboxylic acids is 1. The van der Waals surface area contributed by atoms with Crippen molar-refractivity contribution in [3.8, 4) is 0 Å². The molecule has 0 bridgehead atoms. The third-order valence-corrected chi connectivity index (χ3v) is 3.40. The number of piperidine rings is 1. The van der Waals surface area contributed by atoms with Gasteiger partial charge in [0.2, 0.25) is 5.91 Å². The van der Waals surface area contributed by atoms with E-state index in [0.717, 1.165) is 37.8 Å². The summed E-state index contributed by atoms with van der Waals surface area (Å²) in [6.45, 7) is 11.2. The van der Waals surface area contributed by atoms with E-state index in [2.05, 4.69) is 25.7 Å². The fourth-order valence-corrected chi connectivity index (χ4v) is 2.21. The fraction of sp³-hybridized carbons (Fsp3) is 0.769. The fourth-order valence-electron chi connectivity index (χ4n) is 2.21. The summed E-state index contributed by atoms with van der Waals surface area (Å²) < 4.78 is 0. The molecule has 0 aliphatic carbocycles. The van der Waals surface area contributed by atoms with Crippen LogP contribution in [-0.4, -0.2) is 37.0 Å². The van der Waals surface area contributed by atoms with Gasteiger partial charge in [-0.2, -0.15) is 0 Å². The van der Waals surface area contributed by atoms with E-state index in [9.17, 15) is 4.79 Å². The highest BCUT2D eigenvalue weighted by Gasteiger charge is 2.23. The Hall–Kier alpha value is -0.830. The van der Waals surface area contributed by atoms with Crippen LogP contribution in [0.4, 0.5) is 0 Å². The van der Waals surface area contributed by atoms with E-state index in [1.165, 1.54) is 0 Å². The molecule has 3 nitrogen and oxygen atoms in total. The van der Waals surface area contributed by atoms with E-state index in [4.69, 9.17) is 0 Å². The lowest BCUT2D eigenvalue weighted by atomic mass is 9.87. The summed E-state index contributed by atoms with van der Waals surface area (Å²) in [5.74, 6) is 1.77. The summed E-state index contributed by atoms with van der Waals surface area (Å²) in [6.07, 6.45) is 4.09. The SMILES string of the molecule is C=CCNCC(=O)N1CCC(C(C)C)CC1. The first-order valence-corrected chi connectivity index (χ1v) is 6.24. The molecule has 92 valence electrons. The van der Waals surface area contributed by atoms with Gasteiger partial charge in [-0.15, -0.1) is 6.58 Å². The van der Waals surface area contributed by atoms with Gasteiger partial charge < -0.3 is 10.2 Å². The maximum Gasteiger partial charge on any atom is 0.236 e. The molecule has 0 aromatic rings. The van der Waals surface area contributed by atoms with Gasteiger partial charge in [-0.05, 0) is 24.7 Å². The van der Waals surface area contributed by atoms with Gasteiger partial charge in [0.25, 0.3) is 0 Å². The Balaban J connectivity index is 2.24. The first-order chi connectivity index (χ1) is 7.65. The van der Waals surface area contributed by atoms with Crippen molar-refractivity contribution in [3.05, 3.63) is 12.7 Å². The van der Waals surface area contributed by atoms with Crippen LogP contribution in [0.2, 0.25) is 0 Å². The van der Waals surface area contributed by atoms with Crippen LogP contribution in [0.3, 0.4) is 0 Å². The van der Waals surface area contributed by atoms with E-state index in [0.29, 0.717) is 13.1 Å². The third kappa shape index (κ3) is 3.97. The zero-order chi connectivity index (χ0) is 12.0. The van der Waals surface area contributed by atoms with E-state index >= 15 is 0 Å². The predicted molar refractivity (Wildman–Crippen MR) is 67.2 cm³/mol. The first-order valence-electron chi connectivity index (χ1n) is 6.24. The molecule has 0 aromatic heterocycles. The van der Waals surface area contributed by atoms with Crippen LogP contribution in [0.25, 0.3) is 0 Å². The van der Waals surface area contributed by atoms with Crippen molar-refractivity contribution < 1.29 is 4.79 Å². The quantitative estimate of drug-likeness (QED) is 0.569. The standard InChI is InChI=1S/C13H24N2O/c1-4-7-14-10-13(16)15-8-5-12(6-9-15)11(2)3/h4,11-12,14H,1,5-10H2,2-3H3. The molecule has 1 heterocycles. The molecule has 1 aliphatic rings. The Morgan fingerprint density at radius 2 is 2.12 bits per heavy atom. The van der Waals surface area contributed by atoms with Gasteiger partial charge in [0.05, 0.1) is 6.54 Å². The molecule has 3 heteroatoms. The van der Waals surface area contributed by atoms with Crippen LogP contribution < -0.4 is 5.32 Å². The summed E-state index contributed by atoms with van der Waals surface area (Å²) in [6, 6.07) is 0. The highest BCUT2D eigenvalue weighted by molar-refractivity contribution is 5.78. The molecule has 1 amide bonds. The molecule has 1 saturated heterocycles. The van der Waals surface area contributed by atoms with E-state index < -0.39 is 0 Å². The Morgan fingerprint density at radius 3 is 2.62 bits per heavy atom. The van der Waals surface area contributed by atoms with Crippen molar-refractivity contribution in [1.82, 2.24) is 10.2 Å². The molecule has 0 unspecified atom stereocenters. The van der Waals surface area contributed by atoms with Crippen molar-refractivity contribution in [3.63, 3.8) is 0 Å². The highest BCUT2D eigenvalue weighted by atomic mass is 16.2. The third-order valence-electron chi connectivity index (χ3n) is 3.40. The van der Waals surface area contributed by atoms with Crippen molar-refractivity contribution in [2.75, 3.05) is 26.2 Å². The van der Waals surface area contributed by atoms with Crippen molar-refractivity contribution in [2.45, 2.75) is 26.7 Å².